The molecule has 1 aromatic heterocycles. The van der Waals surface area contributed by atoms with E-state index in [0.717, 1.165) is 34.2 Å². The number of nitrogens with one attached hydrogen (secondary N) is 1. The highest BCUT2D eigenvalue weighted by Crippen LogP contribution is 2.37. The van der Waals surface area contributed by atoms with Crippen LogP contribution in [0.15, 0.2) is 16.6 Å². The molecule has 2 atom stereocenters. The molecule has 102 valence electrons. The van der Waals surface area contributed by atoms with Gasteiger partial charge in [0.05, 0.1) is 16.6 Å². The summed E-state index contributed by atoms with van der Waals surface area (Å²) < 4.78 is 1.08. The number of hydrogen-bond donors (Lipinski definition) is 2. The number of H-pyrrole nitrogens is 1. The number of benzene rings is 1. The van der Waals surface area contributed by atoms with Crippen molar-refractivity contribution in [2.45, 2.75) is 45.1 Å². The molecule has 1 aromatic carbocycles. The molecule has 3 nitrogen and oxygen atoms in total. The Hall–Kier alpha value is -0.870. The maximum absolute atomic E-state index is 6.62. The monoisotopic (exact) mass is 321 g/mol. The first kappa shape index (κ1) is 13.1. The van der Waals surface area contributed by atoms with E-state index in [-0.39, 0.29) is 5.54 Å². The zero-order valence-electron chi connectivity index (χ0n) is 11.5. The van der Waals surface area contributed by atoms with E-state index in [9.17, 15) is 0 Å². The molecule has 4 heteroatoms. The van der Waals surface area contributed by atoms with Gasteiger partial charge in [-0.25, -0.2) is 4.98 Å². The Morgan fingerprint density at radius 2 is 2.26 bits per heavy atom. The number of halogens is 1. The second kappa shape index (κ2) is 4.60. The van der Waals surface area contributed by atoms with E-state index in [1.807, 2.05) is 0 Å². The third-order valence-corrected chi connectivity index (χ3v) is 4.70. The second-order valence-electron chi connectivity index (χ2n) is 6.06. The van der Waals surface area contributed by atoms with Crippen LogP contribution in [-0.2, 0) is 5.54 Å². The molecule has 2 unspecified atom stereocenters. The summed E-state index contributed by atoms with van der Waals surface area (Å²) in [5, 5.41) is 0. The van der Waals surface area contributed by atoms with Crippen LogP contribution in [0.3, 0.4) is 0 Å². The predicted octanol–water partition coefficient (Wildman–Crippen LogP) is 4.00. The number of nitrogens with zero attached hydrogens (tertiary/aromatic N) is 1. The molecule has 1 aliphatic rings. The number of aromatic amines is 1. The molecule has 0 aliphatic heterocycles. The van der Waals surface area contributed by atoms with Crippen molar-refractivity contribution in [1.29, 1.82) is 0 Å². The van der Waals surface area contributed by atoms with Gasteiger partial charge in [0.25, 0.3) is 0 Å². The van der Waals surface area contributed by atoms with Crippen molar-refractivity contribution in [2.24, 2.45) is 11.7 Å². The van der Waals surface area contributed by atoms with Crippen LogP contribution in [0.4, 0.5) is 0 Å². The first-order valence-electron chi connectivity index (χ1n) is 6.93. The van der Waals surface area contributed by atoms with Crippen molar-refractivity contribution in [1.82, 2.24) is 9.97 Å². The smallest absolute Gasteiger partial charge is 0.127 e. The maximum Gasteiger partial charge on any atom is 0.127 e. The average molecular weight is 322 g/mol. The average Bonchev–Trinajstić information content (AvgIpc) is 2.73. The highest BCUT2D eigenvalue weighted by molar-refractivity contribution is 9.10. The van der Waals surface area contributed by atoms with E-state index in [2.05, 4.69) is 46.9 Å². The number of rotatable bonds is 1. The first-order chi connectivity index (χ1) is 8.98. The van der Waals surface area contributed by atoms with E-state index in [4.69, 9.17) is 10.7 Å². The van der Waals surface area contributed by atoms with Crippen molar-refractivity contribution in [2.75, 3.05) is 0 Å². The first-order valence-corrected chi connectivity index (χ1v) is 7.72. The van der Waals surface area contributed by atoms with Gasteiger partial charge in [0, 0.05) is 4.47 Å². The van der Waals surface area contributed by atoms with Gasteiger partial charge >= 0.3 is 0 Å². The van der Waals surface area contributed by atoms with Gasteiger partial charge in [0.2, 0.25) is 0 Å². The molecule has 2 aromatic rings. The lowest BCUT2D eigenvalue weighted by Crippen LogP contribution is -2.42. The summed E-state index contributed by atoms with van der Waals surface area (Å²) in [4.78, 5) is 8.22. The van der Waals surface area contributed by atoms with Crippen LogP contribution in [0, 0.1) is 12.8 Å². The minimum absolute atomic E-state index is 0.282. The summed E-state index contributed by atoms with van der Waals surface area (Å²) in [7, 11) is 0. The summed E-state index contributed by atoms with van der Waals surface area (Å²) in [5.74, 6) is 1.63. The minimum atomic E-state index is -0.282. The molecule has 0 saturated heterocycles. The number of aryl methyl sites for hydroxylation is 1. The fourth-order valence-corrected chi connectivity index (χ4v) is 3.86. The van der Waals surface area contributed by atoms with Crippen LogP contribution in [0.5, 0.6) is 0 Å². The van der Waals surface area contributed by atoms with Crippen molar-refractivity contribution in [3.8, 4) is 0 Å². The van der Waals surface area contributed by atoms with Gasteiger partial charge in [-0.15, -0.1) is 0 Å². The zero-order valence-corrected chi connectivity index (χ0v) is 13.0. The lowest BCUT2D eigenvalue weighted by atomic mass is 9.76. The molecule has 3 N–H and O–H groups in total. The molecule has 1 fully saturated rings. The quantitative estimate of drug-likeness (QED) is 0.834. The van der Waals surface area contributed by atoms with E-state index < -0.39 is 0 Å². The van der Waals surface area contributed by atoms with E-state index in [1.54, 1.807) is 0 Å². The van der Waals surface area contributed by atoms with Gasteiger partial charge in [0.15, 0.2) is 0 Å². The fraction of sp³-hybridized carbons (Fsp3) is 0.533. The topological polar surface area (TPSA) is 54.7 Å². The Kier molecular flexibility index (Phi) is 3.18. The molecule has 0 spiro atoms. The molecule has 0 radical (unpaired) electrons. The van der Waals surface area contributed by atoms with Crippen LogP contribution in [0.1, 0.15) is 44.0 Å². The van der Waals surface area contributed by atoms with E-state index >= 15 is 0 Å². The zero-order chi connectivity index (χ0) is 13.6. The number of fused-ring (bicyclic) bond motifs is 1. The molecule has 1 saturated carbocycles. The Balaban J connectivity index is 2.08. The SMILES string of the molecule is Cc1cc(Br)cc2[nH]c(C3(N)CCCC(C)C3)nc12. The Labute approximate surface area is 122 Å². The van der Waals surface area contributed by atoms with E-state index in [1.165, 1.54) is 18.4 Å². The van der Waals surface area contributed by atoms with Gasteiger partial charge in [-0.2, -0.15) is 0 Å². The van der Waals surface area contributed by atoms with Crippen LogP contribution in [0.25, 0.3) is 11.0 Å². The normalized spacial score (nSPS) is 27.9. The third-order valence-electron chi connectivity index (χ3n) is 4.25. The van der Waals surface area contributed by atoms with Crippen molar-refractivity contribution in [3.05, 3.63) is 28.0 Å². The van der Waals surface area contributed by atoms with Gasteiger partial charge in [-0.1, -0.05) is 35.7 Å². The summed E-state index contributed by atoms with van der Waals surface area (Å²) in [6, 6.07) is 4.17. The van der Waals surface area contributed by atoms with Crippen molar-refractivity contribution < 1.29 is 0 Å². The summed E-state index contributed by atoms with van der Waals surface area (Å²) in [6.07, 6.45) is 4.52. The number of imidazole rings is 1. The summed E-state index contributed by atoms with van der Waals surface area (Å²) in [6.45, 7) is 4.37. The molecule has 1 aliphatic carbocycles. The van der Waals surface area contributed by atoms with Crippen molar-refractivity contribution in [3.63, 3.8) is 0 Å². The van der Waals surface area contributed by atoms with Crippen LogP contribution in [-0.4, -0.2) is 9.97 Å². The third kappa shape index (κ3) is 2.32. The minimum Gasteiger partial charge on any atom is -0.340 e. The Bertz CT molecular complexity index is 619. The molecule has 19 heavy (non-hydrogen) atoms. The van der Waals surface area contributed by atoms with Gasteiger partial charge in [-0.3, -0.25) is 0 Å². The second-order valence-corrected chi connectivity index (χ2v) is 6.98. The fourth-order valence-electron chi connectivity index (χ4n) is 3.29. The standard InChI is InChI=1S/C15H20BrN3/c1-9-4-3-5-15(17,8-9)14-18-12-7-11(16)6-10(2)13(12)19-14/h6-7,9H,3-5,8,17H2,1-2H3,(H,18,19). The molecule has 3 rings (SSSR count). The van der Waals surface area contributed by atoms with Crippen LogP contribution < -0.4 is 5.73 Å². The lowest BCUT2D eigenvalue weighted by molar-refractivity contribution is 0.230. The molecule has 0 amide bonds. The summed E-state index contributed by atoms with van der Waals surface area (Å²) >= 11 is 3.53. The Morgan fingerprint density at radius 3 is 3.00 bits per heavy atom. The Morgan fingerprint density at radius 1 is 1.47 bits per heavy atom. The van der Waals surface area contributed by atoms with Gasteiger partial charge < -0.3 is 10.7 Å². The van der Waals surface area contributed by atoms with E-state index in [0.29, 0.717) is 5.92 Å². The van der Waals surface area contributed by atoms with Gasteiger partial charge in [-0.05, 0) is 43.4 Å². The number of aromatic nitrogens is 2. The van der Waals surface area contributed by atoms with Crippen LogP contribution in [0.2, 0.25) is 0 Å². The molecule has 0 bridgehead atoms. The number of hydrogen-bond acceptors (Lipinski definition) is 2. The highest BCUT2D eigenvalue weighted by atomic mass is 79.9. The molecular weight excluding hydrogens is 302 g/mol. The highest BCUT2D eigenvalue weighted by Gasteiger charge is 2.35. The van der Waals surface area contributed by atoms with Gasteiger partial charge in [0.1, 0.15) is 5.82 Å². The maximum atomic E-state index is 6.62. The number of nitrogens with two attached hydrogens (primary N) is 1. The largest absolute Gasteiger partial charge is 0.340 e. The summed E-state index contributed by atoms with van der Waals surface area (Å²) in [5.41, 5.74) is 9.63. The molecule has 1 heterocycles. The molecular formula is C15H20BrN3. The predicted molar refractivity (Wildman–Crippen MR) is 82.0 cm³/mol. The van der Waals surface area contributed by atoms with Crippen LogP contribution >= 0.6 is 15.9 Å². The van der Waals surface area contributed by atoms with Crippen molar-refractivity contribution >= 4 is 27.0 Å². The lowest BCUT2D eigenvalue weighted by Gasteiger charge is -2.35.